The third-order valence-electron chi connectivity index (χ3n) is 2.71. The second kappa shape index (κ2) is 6.15. The number of H-pyrrole nitrogens is 1. The Labute approximate surface area is 133 Å². The van der Waals surface area contributed by atoms with Gasteiger partial charge in [0, 0.05) is 11.3 Å². The lowest BCUT2D eigenvalue weighted by atomic mass is 10.2. The first-order chi connectivity index (χ1) is 9.06. The van der Waals surface area contributed by atoms with Crippen LogP contribution in [0.1, 0.15) is 12.6 Å². The highest BCUT2D eigenvalue weighted by atomic mass is 79.9. The highest BCUT2D eigenvalue weighted by Gasteiger charge is 2.09. The molecule has 100 valence electrons. The molecule has 2 rings (SSSR count). The van der Waals surface area contributed by atoms with Crippen molar-refractivity contribution in [2.24, 2.45) is 0 Å². The molecule has 0 unspecified atom stereocenters. The summed E-state index contributed by atoms with van der Waals surface area (Å²) in [6.45, 7) is 2.07. The number of aromatic nitrogens is 2. The molecule has 0 radical (unpaired) electrons. The van der Waals surface area contributed by atoms with Gasteiger partial charge < -0.3 is 9.72 Å². The van der Waals surface area contributed by atoms with E-state index >= 15 is 0 Å². The first-order valence-electron chi connectivity index (χ1n) is 5.69. The number of hydrogen-bond acceptors (Lipinski definition) is 3. The van der Waals surface area contributed by atoms with Gasteiger partial charge in [-0.2, -0.15) is 0 Å². The van der Waals surface area contributed by atoms with Crippen molar-refractivity contribution in [3.05, 3.63) is 37.5 Å². The molecule has 0 amide bonds. The fourth-order valence-electron chi connectivity index (χ4n) is 1.70. The summed E-state index contributed by atoms with van der Waals surface area (Å²) in [7, 11) is 1.64. The smallest absolute Gasteiger partial charge is 0.144 e. The van der Waals surface area contributed by atoms with Gasteiger partial charge in [0.05, 0.1) is 16.1 Å². The molecule has 1 aromatic heterocycles. The number of benzene rings is 1. The topological polar surface area (TPSA) is 37.9 Å². The monoisotopic (exact) mass is 402 g/mol. The predicted octanol–water partition coefficient (Wildman–Crippen LogP) is 4.90. The number of ether oxygens (including phenoxy) is 1. The molecular formula is C13H12Br2N2OS. The first-order valence-corrected chi connectivity index (χ1v) is 7.68. The van der Waals surface area contributed by atoms with Gasteiger partial charge >= 0.3 is 0 Å². The van der Waals surface area contributed by atoms with Gasteiger partial charge in [-0.25, -0.2) is 4.98 Å². The van der Waals surface area contributed by atoms with Crippen LogP contribution in [0.3, 0.4) is 0 Å². The van der Waals surface area contributed by atoms with Crippen LogP contribution in [0.2, 0.25) is 0 Å². The van der Waals surface area contributed by atoms with Crippen LogP contribution < -0.4 is 4.74 Å². The molecule has 1 N–H and O–H groups in total. The Hall–Kier alpha value is -0.720. The molecule has 0 aliphatic heterocycles. The van der Waals surface area contributed by atoms with Crippen LogP contribution in [-0.4, -0.2) is 17.1 Å². The van der Waals surface area contributed by atoms with E-state index in [9.17, 15) is 0 Å². The van der Waals surface area contributed by atoms with Crippen LogP contribution in [0, 0.1) is 4.64 Å². The Morgan fingerprint density at radius 1 is 1.37 bits per heavy atom. The van der Waals surface area contributed by atoms with E-state index in [1.807, 2.05) is 18.2 Å². The maximum absolute atomic E-state index is 5.26. The first kappa shape index (κ1) is 14.7. The van der Waals surface area contributed by atoms with E-state index in [0.717, 1.165) is 38.2 Å². The Kier molecular flexibility index (Phi) is 4.76. The number of aryl methyl sites for hydroxylation is 1. The van der Waals surface area contributed by atoms with Crippen LogP contribution in [0.25, 0.3) is 11.4 Å². The molecule has 0 saturated carbocycles. The molecule has 2 aromatic rings. The highest BCUT2D eigenvalue weighted by Crippen LogP contribution is 2.30. The van der Waals surface area contributed by atoms with Crippen molar-refractivity contribution in [2.45, 2.75) is 13.3 Å². The van der Waals surface area contributed by atoms with E-state index in [4.69, 9.17) is 17.0 Å². The average Bonchev–Trinajstić information content (AvgIpc) is 2.41. The van der Waals surface area contributed by atoms with Gasteiger partial charge in [0.2, 0.25) is 0 Å². The molecule has 0 saturated heterocycles. The van der Waals surface area contributed by atoms with Crippen molar-refractivity contribution >= 4 is 44.1 Å². The number of nitrogens with one attached hydrogen (secondary N) is 1. The SMILES string of the molecule is CCc1[nH]c(-c2ccc(OC)c(Br)c2)nc(=S)c1Br. The molecular weight excluding hydrogens is 392 g/mol. The molecule has 0 aliphatic rings. The van der Waals surface area contributed by atoms with E-state index < -0.39 is 0 Å². The van der Waals surface area contributed by atoms with Gasteiger partial charge in [-0.1, -0.05) is 19.1 Å². The summed E-state index contributed by atoms with van der Waals surface area (Å²) in [4.78, 5) is 7.70. The molecule has 0 fully saturated rings. The largest absolute Gasteiger partial charge is 0.496 e. The summed E-state index contributed by atoms with van der Waals surface area (Å²) >= 11 is 12.2. The van der Waals surface area contributed by atoms with Crippen LogP contribution in [0.4, 0.5) is 0 Å². The van der Waals surface area contributed by atoms with Gasteiger partial charge in [-0.3, -0.25) is 0 Å². The van der Waals surface area contributed by atoms with Crippen LogP contribution in [-0.2, 0) is 6.42 Å². The van der Waals surface area contributed by atoms with Gasteiger partial charge in [0.15, 0.2) is 0 Å². The summed E-state index contributed by atoms with van der Waals surface area (Å²) in [6, 6.07) is 5.80. The zero-order valence-corrected chi connectivity index (χ0v) is 14.4. The van der Waals surface area contributed by atoms with E-state index in [2.05, 4.69) is 48.8 Å². The van der Waals surface area contributed by atoms with Crippen molar-refractivity contribution in [1.29, 1.82) is 0 Å². The fraction of sp³-hybridized carbons (Fsp3) is 0.231. The van der Waals surface area contributed by atoms with Crippen molar-refractivity contribution in [3.8, 4) is 17.1 Å². The third-order valence-corrected chi connectivity index (χ3v) is 4.75. The average molecular weight is 404 g/mol. The Morgan fingerprint density at radius 2 is 2.11 bits per heavy atom. The third kappa shape index (κ3) is 3.07. The number of rotatable bonds is 3. The zero-order valence-electron chi connectivity index (χ0n) is 10.5. The van der Waals surface area contributed by atoms with Crippen LogP contribution in [0.15, 0.2) is 27.1 Å². The normalized spacial score (nSPS) is 10.5. The van der Waals surface area contributed by atoms with Crippen molar-refractivity contribution in [1.82, 2.24) is 9.97 Å². The number of methoxy groups -OCH3 is 1. The minimum atomic E-state index is 0.567. The predicted molar refractivity (Wildman–Crippen MR) is 86.2 cm³/mol. The summed E-state index contributed by atoms with van der Waals surface area (Å²) in [5.41, 5.74) is 2.00. The lowest BCUT2D eigenvalue weighted by molar-refractivity contribution is 0.412. The van der Waals surface area contributed by atoms with E-state index in [-0.39, 0.29) is 0 Å². The molecule has 19 heavy (non-hydrogen) atoms. The zero-order chi connectivity index (χ0) is 14.0. The summed E-state index contributed by atoms with van der Waals surface area (Å²) in [5, 5.41) is 0. The highest BCUT2D eigenvalue weighted by molar-refractivity contribution is 9.10. The van der Waals surface area contributed by atoms with Gasteiger partial charge in [-0.05, 0) is 56.5 Å². The Balaban J connectivity index is 2.56. The summed E-state index contributed by atoms with van der Waals surface area (Å²) in [6.07, 6.45) is 0.858. The minimum absolute atomic E-state index is 0.567. The molecule has 3 nitrogen and oxygen atoms in total. The second-order valence-corrected chi connectivity index (χ2v) is 5.92. The summed E-state index contributed by atoms with van der Waals surface area (Å²) < 4.78 is 7.53. The molecule has 0 spiro atoms. The quantitative estimate of drug-likeness (QED) is 0.740. The standard InChI is InChI=1S/C13H12Br2N2OS/c1-3-9-11(15)13(19)17-12(16-9)7-4-5-10(18-2)8(14)6-7/h4-6H,3H2,1-2H3,(H,16,17,19). The lowest BCUT2D eigenvalue weighted by Crippen LogP contribution is -1.97. The van der Waals surface area contributed by atoms with Crippen LogP contribution in [0.5, 0.6) is 5.75 Å². The lowest BCUT2D eigenvalue weighted by Gasteiger charge is -2.09. The van der Waals surface area contributed by atoms with E-state index in [0.29, 0.717) is 4.64 Å². The molecule has 0 atom stereocenters. The van der Waals surface area contributed by atoms with E-state index in [1.54, 1.807) is 7.11 Å². The van der Waals surface area contributed by atoms with Crippen molar-refractivity contribution < 1.29 is 4.74 Å². The molecule has 1 heterocycles. The second-order valence-electron chi connectivity index (χ2n) is 3.89. The van der Waals surface area contributed by atoms with Gasteiger partial charge in [0.1, 0.15) is 16.2 Å². The fourth-order valence-corrected chi connectivity index (χ4v) is 2.92. The maximum atomic E-state index is 5.26. The number of aromatic amines is 1. The van der Waals surface area contributed by atoms with E-state index in [1.165, 1.54) is 0 Å². The Bertz CT molecular complexity index is 670. The van der Waals surface area contributed by atoms with Gasteiger partial charge in [0.25, 0.3) is 0 Å². The molecule has 1 aromatic carbocycles. The number of nitrogens with zero attached hydrogens (tertiary/aromatic N) is 1. The molecule has 0 bridgehead atoms. The van der Waals surface area contributed by atoms with Crippen molar-refractivity contribution in [2.75, 3.05) is 7.11 Å². The molecule has 6 heteroatoms. The van der Waals surface area contributed by atoms with Gasteiger partial charge in [-0.15, -0.1) is 0 Å². The number of hydrogen-bond donors (Lipinski definition) is 1. The maximum Gasteiger partial charge on any atom is 0.144 e. The number of halogens is 2. The minimum Gasteiger partial charge on any atom is -0.496 e. The van der Waals surface area contributed by atoms with Crippen LogP contribution >= 0.6 is 44.1 Å². The Morgan fingerprint density at radius 3 is 2.68 bits per heavy atom. The summed E-state index contributed by atoms with van der Waals surface area (Å²) in [5.74, 6) is 1.54. The molecule has 0 aliphatic carbocycles. The van der Waals surface area contributed by atoms with Crippen molar-refractivity contribution in [3.63, 3.8) is 0 Å².